The van der Waals surface area contributed by atoms with Crippen LogP contribution in [0.3, 0.4) is 0 Å². The quantitative estimate of drug-likeness (QED) is 0.865. The third-order valence-corrected chi connectivity index (χ3v) is 6.14. The molecule has 0 aliphatic carbocycles. The van der Waals surface area contributed by atoms with Crippen molar-refractivity contribution in [2.75, 3.05) is 19.6 Å². The van der Waals surface area contributed by atoms with Crippen LogP contribution in [-0.2, 0) is 4.79 Å². The Morgan fingerprint density at radius 2 is 2.08 bits per heavy atom. The highest BCUT2D eigenvalue weighted by Crippen LogP contribution is 2.38. The molecule has 2 bridgehead atoms. The maximum absolute atomic E-state index is 13.1. The van der Waals surface area contributed by atoms with Gasteiger partial charge in [-0.3, -0.25) is 14.7 Å². The molecule has 2 aromatic rings. The van der Waals surface area contributed by atoms with Gasteiger partial charge in [-0.2, -0.15) is 5.10 Å². The zero-order chi connectivity index (χ0) is 17.0. The van der Waals surface area contributed by atoms with Gasteiger partial charge in [-0.05, 0) is 37.2 Å². The third kappa shape index (κ3) is 2.34. The number of fused-ring (bicyclic) bond motifs is 5. The van der Waals surface area contributed by atoms with Gasteiger partial charge in [-0.15, -0.1) is 0 Å². The Morgan fingerprint density at radius 3 is 3.00 bits per heavy atom. The standard InChI is InChI=1S/C19H22N4O2/c24-17-7-3-6-16-13-8-12(10-23(16)17)9-22(11-13)19(25)18-14-4-1-2-5-15(14)20-21-18/h1-2,4-5,12-13,16H,3,6-11H2,(H,20,21). The summed E-state index contributed by atoms with van der Waals surface area (Å²) in [4.78, 5) is 29.4. The number of benzene rings is 1. The lowest BCUT2D eigenvalue weighted by atomic mass is 9.76. The van der Waals surface area contributed by atoms with E-state index in [-0.39, 0.29) is 5.91 Å². The molecule has 1 N–H and O–H groups in total. The third-order valence-electron chi connectivity index (χ3n) is 6.14. The average molecular weight is 338 g/mol. The fraction of sp³-hybridized carbons (Fsp3) is 0.526. The van der Waals surface area contributed by atoms with E-state index in [1.165, 1.54) is 0 Å². The maximum Gasteiger partial charge on any atom is 0.275 e. The Morgan fingerprint density at radius 1 is 1.20 bits per heavy atom. The molecule has 3 unspecified atom stereocenters. The van der Waals surface area contributed by atoms with Gasteiger partial charge >= 0.3 is 0 Å². The minimum absolute atomic E-state index is 0.0164. The van der Waals surface area contributed by atoms with Gasteiger partial charge in [0.25, 0.3) is 5.91 Å². The molecule has 5 rings (SSSR count). The number of hydrogen-bond acceptors (Lipinski definition) is 3. The molecule has 3 atom stereocenters. The molecular formula is C19H22N4O2. The van der Waals surface area contributed by atoms with Crippen molar-refractivity contribution in [3.05, 3.63) is 30.0 Å². The molecule has 25 heavy (non-hydrogen) atoms. The Hall–Kier alpha value is -2.37. The van der Waals surface area contributed by atoms with Crippen molar-refractivity contribution in [1.82, 2.24) is 20.0 Å². The van der Waals surface area contributed by atoms with Crippen LogP contribution in [0.4, 0.5) is 0 Å². The first-order chi connectivity index (χ1) is 12.2. The number of nitrogens with one attached hydrogen (secondary N) is 1. The lowest BCUT2D eigenvalue weighted by Gasteiger charge is -2.52. The summed E-state index contributed by atoms with van der Waals surface area (Å²) < 4.78 is 0. The van der Waals surface area contributed by atoms with E-state index in [0.29, 0.717) is 35.9 Å². The van der Waals surface area contributed by atoms with E-state index < -0.39 is 0 Å². The smallest absolute Gasteiger partial charge is 0.275 e. The van der Waals surface area contributed by atoms with Crippen molar-refractivity contribution in [2.24, 2.45) is 11.8 Å². The second kappa shape index (κ2) is 5.58. The first-order valence-corrected chi connectivity index (χ1v) is 9.22. The number of para-hydroxylation sites is 1. The molecule has 0 spiro atoms. The van der Waals surface area contributed by atoms with Crippen LogP contribution in [0.15, 0.2) is 24.3 Å². The number of amides is 2. The van der Waals surface area contributed by atoms with Gasteiger partial charge in [0.2, 0.25) is 5.91 Å². The molecule has 0 radical (unpaired) electrons. The zero-order valence-electron chi connectivity index (χ0n) is 14.1. The lowest BCUT2D eigenvalue weighted by Crippen LogP contribution is -2.61. The van der Waals surface area contributed by atoms with E-state index in [9.17, 15) is 9.59 Å². The monoisotopic (exact) mass is 338 g/mol. The number of likely N-dealkylation sites (tertiary alicyclic amines) is 1. The Labute approximate surface area is 146 Å². The number of carbonyl (C=O) groups is 2. The summed E-state index contributed by atoms with van der Waals surface area (Å²) >= 11 is 0. The number of H-pyrrole nitrogens is 1. The molecule has 1 aromatic carbocycles. The van der Waals surface area contributed by atoms with Gasteiger partial charge in [0.1, 0.15) is 0 Å². The minimum Gasteiger partial charge on any atom is -0.339 e. The molecule has 1 aromatic heterocycles. The van der Waals surface area contributed by atoms with Crippen molar-refractivity contribution < 1.29 is 9.59 Å². The van der Waals surface area contributed by atoms with Crippen molar-refractivity contribution in [3.63, 3.8) is 0 Å². The molecule has 3 aliphatic heterocycles. The number of rotatable bonds is 1. The molecule has 6 nitrogen and oxygen atoms in total. The Kier molecular flexibility index (Phi) is 3.33. The molecule has 6 heteroatoms. The first kappa shape index (κ1) is 14.9. The summed E-state index contributed by atoms with van der Waals surface area (Å²) in [6, 6.07) is 8.08. The number of aromatic amines is 1. The van der Waals surface area contributed by atoms with Crippen molar-refractivity contribution in [1.29, 1.82) is 0 Å². The zero-order valence-corrected chi connectivity index (χ0v) is 14.1. The van der Waals surface area contributed by atoms with Crippen molar-refractivity contribution >= 4 is 22.7 Å². The van der Waals surface area contributed by atoms with Crippen LogP contribution in [0.2, 0.25) is 0 Å². The topological polar surface area (TPSA) is 69.3 Å². The van der Waals surface area contributed by atoms with Crippen LogP contribution in [0.25, 0.3) is 10.9 Å². The largest absolute Gasteiger partial charge is 0.339 e. The molecule has 3 saturated heterocycles. The number of carbonyl (C=O) groups excluding carboxylic acids is 2. The summed E-state index contributed by atoms with van der Waals surface area (Å²) in [5.74, 6) is 1.13. The number of hydrogen-bond donors (Lipinski definition) is 1. The van der Waals surface area contributed by atoms with Crippen LogP contribution in [-0.4, -0.2) is 57.5 Å². The number of piperidine rings is 3. The fourth-order valence-electron chi connectivity index (χ4n) is 5.05. The summed E-state index contributed by atoms with van der Waals surface area (Å²) in [5.41, 5.74) is 1.42. The van der Waals surface area contributed by atoms with E-state index in [4.69, 9.17) is 0 Å². The maximum atomic E-state index is 13.1. The molecular weight excluding hydrogens is 316 g/mol. The lowest BCUT2D eigenvalue weighted by molar-refractivity contribution is -0.144. The summed E-state index contributed by atoms with van der Waals surface area (Å²) in [7, 11) is 0. The summed E-state index contributed by atoms with van der Waals surface area (Å²) in [6.07, 6.45) is 3.90. The normalized spacial score (nSPS) is 29.0. The minimum atomic E-state index is 0.0164. The molecule has 4 heterocycles. The van der Waals surface area contributed by atoms with E-state index in [2.05, 4.69) is 15.1 Å². The highest BCUT2D eigenvalue weighted by molar-refractivity contribution is 6.04. The number of nitrogens with zero attached hydrogens (tertiary/aromatic N) is 3. The molecule has 3 aliphatic rings. The fourth-order valence-corrected chi connectivity index (χ4v) is 5.05. The van der Waals surface area contributed by atoms with Crippen molar-refractivity contribution in [3.8, 4) is 0 Å². The van der Waals surface area contributed by atoms with Gasteiger partial charge in [-0.25, -0.2) is 0 Å². The molecule has 130 valence electrons. The van der Waals surface area contributed by atoms with E-state index in [1.807, 2.05) is 29.2 Å². The van der Waals surface area contributed by atoms with Gasteiger partial charge < -0.3 is 9.80 Å². The Bertz CT molecular complexity index is 845. The van der Waals surface area contributed by atoms with E-state index in [0.717, 1.165) is 49.8 Å². The molecule has 2 amide bonds. The van der Waals surface area contributed by atoms with Gasteiger partial charge in [0, 0.05) is 37.5 Å². The second-order valence-electron chi connectivity index (χ2n) is 7.70. The van der Waals surface area contributed by atoms with E-state index >= 15 is 0 Å². The van der Waals surface area contributed by atoms with E-state index in [1.54, 1.807) is 0 Å². The predicted octanol–water partition coefficient (Wildman–Crippen LogP) is 2.04. The van der Waals surface area contributed by atoms with Crippen LogP contribution in [0.1, 0.15) is 36.2 Å². The summed E-state index contributed by atoms with van der Waals surface area (Å²) in [5, 5.41) is 8.12. The van der Waals surface area contributed by atoms with Crippen LogP contribution >= 0.6 is 0 Å². The highest BCUT2D eigenvalue weighted by atomic mass is 16.2. The summed E-state index contributed by atoms with van der Waals surface area (Å²) in [6.45, 7) is 2.28. The number of aromatic nitrogens is 2. The molecule has 3 fully saturated rings. The van der Waals surface area contributed by atoms with Gasteiger partial charge in [0.05, 0.1) is 5.52 Å². The van der Waals surface area contributed by atoms with Gasteiger partial charge in [-0.1, -0.05) is 18.2 Å². The van der Waals surface area contributed by atoms with Crippen LogP contribution < -0.4 is 0 Å². The van der Waals surface area contributed by atoms with Crippen LogP contribution in [0, 0.1) is 11.8 Å². The second-order valence-corrected chi connectivity index (χ2v) is 7.70. The van der Waals surface area contributed by atoms with Crippen LogP contribution in [0.5, 0.6) is 0 Å². The Balaban J connectivity index is 1.41. The van der Waals surface area contributed by atoms with Crippen molar-refractivity contribution in [2.45, 2.75) is 31.7 Å². The average Bonchev–Trinajstić information content (AvgIpc) is 3.06. The SMILES string of the molecule is O=C(c1n[nH]c2ccccc12)N1CC2CC(C1)C1CCCC(=O)N1C2. The van der Waals surface area contributed by atoms with Gasteiger partial charge in [0.15, 0.2) is 5.69 Å². The first-order valence-electron chi connectivity index (χ1n) is 9.22. The molecule has 0 saturated carbocycles. The predicted molar refractivity (Wildman–Crippen MR) is 92.9 cm³/mol. The highest BCUT2D eigenvalue weighted by Gasteiger charge is 2.45.